The molecule has 0 spiro atoms. The lowest BCUT2D eigenvalue weighted by Crippen LogP contribution is -2.47. The van der Waals surface area contributed by atoms with E-state index in [1.165, 1.54) is 0 Å². The van der Waals surface area contributed by atoms with Crippen LogP contribution in [0.15, 0.2) is 0 Å². The molecule has 0 aliphatic carbocycles. The highest BCUT2D eigenvalue weighted by atomic mass is 16.5. The molecule has 1 aliphatic heterocycles. The summed E-state index contributed by atoms with van der Waals surface area (Å²) in [6.07, 6.45) is 1.40. The zero-order valence-electron chi connectivity index (χ0n) is 9.73. The molecule has 1 amide bonds. The van der Waals surface area contributed by atoms with Gasteiger partial charge >= 0.3 is 5.97 Å². The summed E-state index contributed by atoms with van der Waals surface area (Å²) in [5.74, 6) is -1.43. The number of ether oxygens (including phenoxy) is 1. The maximum atomic E-state index is 11.7. The van der Waals surface area contributed by atoms with E-state index in [-0.39, 0.29) is 17.7 Å². The van der Waals surface area contributed by atoms with Gasteiger partial charge in [0, 0.05) is 6.61 Å². The van der Waals surface area contributed by atoms with Crippen molar-refractivity contribution in [2.75, 3.05) is 13.2 Å². The topological polar surface area (TPSA) is 75.6 Å². The minimum absolute atomic E-state index is 0.0660. The van der Waals surface area contributed by atoms with Gasteiger partial charge in [-0.3, -0.25) is 4.79 Å². The first-order valence-electron chi connectivity index (χ1n) is 5.67. The molecule has 3 unspecified atom stereocenters. The predicted molar refractivity (Wildman–Crippen MR) is 57.9 cm³/mol. The van der Waals surface area contributed by atoms with Crippen LogP contribution < -0.4 is 5.32 Å². The van der Waals surface area contributed by atoms with Gasteiger partial charge in [0.2, 0.25) is 5.91 Å². The standard InChI is InChI=1S/C11H19NO4/c1-3-7(2)9(11(14)15)12-10(13)8-4-5-16-6-8/h7-9H,3-6H2,1-2H3,(H,12,13)(H,14,15). The van der Waals surface area contributed by atoms with Gasteiger partial charge in [0.05, 0.1) is 12.5 Å². The summed E-state index contributed by atoms with van der Waals surface area (Å²) in [7, 11) is 0. The smallest absolute Gasteiger partial charge is 0.326 e. The Labute approximate surface area is 95.2 Å². The average Bonchev–Trinajstić information content (AvgIpc) is 2.77. The summed E-state index contributed by atoms with van der Waals surface area (Å²) < 4.78 is 5.10. The number of hydrogen-bond acceptors (Lipinski definition) is 3. The van der Waals surface area contributed by atoms with Gasteiger partial charge in [0.1, 0.15) is 6.04 Å². The number of nitrogens with one attached hydrogen (secondary N) is 1. The van der Waals surface area contributed by atoms with E-state index in [4.69, 9.17) is 9.84 Å². The van der Waals surface area contributed by atoms with Crippen LogP contribution in [0.1, 0.15) is 26.7 Å². The minimum atomic E-state index is -0.971. The van der Waals surface area contributed by atoms with E-state index in [2.05, 4.69) is 5.32 Å². The monoisotopic (exact) mass is 229 g/mol. The molecular formula is C11H19NO4. The third kappa shape index (κ3) is 3.20. The molecule has 5 heteroatoms. The molecule has 0 radical (unpaired) electrons. The molecule has 0 aromatic heterocycles. The number of carbonyl (C=O) groups excluding carboxylic acids is 1. The highest BCUT2D eigenvalue weighted by Crippen LogP contribution is 2.14. The van der Waals surface area contributed by atoms with Crippen LogP contribution in [0, 0.1) is 11.8 Å². The summed E-state index contributed by atoms with van der Waals surface area (Å²) in [6, 6.07) is -0.793. The van der Waals surface area contributed by atoms with Crippen molar-refractivity contribution in [3.63, 3.8) is 0 Å². The van der Waals surface area contributed by atoms with Gasteiger partial charge in [-0.2, -0.15) is 0 Å². The molecule has 1 rings (SSSR count). The minimum Gasteiger partial charge on any atom is -0.480 e. The Morgan fingerprint density at radius 2 is 2.25 bits per heavy atom. The number of aliphatic carboxylic acids is 1. The first-order valence-corrected chi connectivity index (χ1v) is 5.67. The molecular weight excluding hydrogens is 210 g/mol. The summed E-state index contributed by atoms with van der Waals surface area (Å²) in [5, 5.41) is 11.6. The number of amides is 1. The van der Waals surface area contributed by atoms with Crippen molar-refractivity contribution in [3.05, 3.63) is 0 Å². The van der Waals surface area contributed by atoms with Crippen molar-refractivity contribution in [1.29, 1.82) is 0 Å². The molecule has 1 heterocycles. The fourth-order valence-electron chi connectivity index (χ4n) is 1.70. The van der Waals surface area contributed by atoms with Gasteiger partial charge < -0.3 is 15.2 Å². The number of carboxylic acid groups (broad SMARTS) is 1. The van der Waals surface area contributed by atoms with Crippen molar-refractivity contribution >= 4 is 11.9 Å². The summed E-state index contributed by atoms with van der Waals surface area (Å²) in [4.78, 5) is 22.7. The van der Waals surface area contributed by atoms with Crippen LogP contribution in [0.4, 0.5) is 0 Å². The molecule has 0 saturated carbocycles. The van der Waals surface area contributed by atoms with E-state index < -0.39 is 12.0 Å². The Kier molecular flexibility index (Phi) is 4.73. The van der Waals surface area contributed by atoms with Crippen LogP contribution in [-0.2, 0) is 14.3 Å². The lowest BCUT2D eigenvalue weighted by molar-refractivity contribution is -0.144. The quantitative estimate of drug-likeness (QED) is 0.725. The molecule has 5 nitrogen and oxygen atoms in total. The lowest BCUT2D eigenvalue weighted by Gasteiger charge is -2.21. The first-order chi connectivity index (χ1) is 7.56. The van der Waals surface area contributed by atoms with Crippen LogP contribution in [0.3, 0.4) is 0 Å². The highest BCUT2D eigenvalue weighted by Gasteiger charge is 2.30. The molecule has 92 valence electrons. The second-order valence-corrected chi connectivity index (χ2v) is 4.27. The third-order valence-electron chi connectivity index (χ3n) is 3.08. The van der Waals surface area contributed by atoms with Crippen LogP contribution >= 0.6 is 0 Å². The number of rotatable bonds is 5. The summed E-state index contributed by atoms with van der Waals surface area (Å²) in [6.45, 7) is 4.72. The molecule has 1 fully saturated rings. The molecule has 2 N–H and O–H groups in total. The molecule has 0 aromatic rings. The highest BCUT2D eigenvalue weighted by molar-refractivity contribution is 5.85. The van der Waals surface area contributed by atoms with Crippen LogP contribution in [0.2, 0.25) is 0 Å². The average molecular weight is 229 g/mol. The second-order valence-electron chi connectivity index (χ2n) is 4.27. The summed E-state index contributed by atoms with van der Waals surface area (Å²) in [5.41, 5.74) is 0. The second kappa shape index (κ2) is 5.84. The zero-order chi connectivity index (χ0) is 12.1. The van der Waals surface area contributed by atoms with Crippen LogP contribution in [-0.4, -0.2) is 36.2 Å². The van der Waals surface area contributed by atoms with Gasteiger partial charge in [-0.1, -0.05) is 20.3 Å². The van der Waals surface area contributed by atoms with E-state index in [9.17, 15) is 9.59 Å². The molecule has 3 atom stereocenters. The van der Waals surface area contributed by atoms with Gasteiger partial charge in [0.25, 0.3) is 0 Å². The lowest BCUT2D eigenvalue weighted by atomic mass is 9.98. The molecule has 16 heavy (non-hydrogen) atoms. The number of carbonyl (C=O) groups is 2. The Balaban J connectivity index is 2.53. The number of carboxylic acids is 1. The zero-order valence-corrected chi connectivity index (χ0v) is 9.73. The third-order valence-corrected chi connectivity index (χ3v) is 3.08. The van der Waals surface area contributed by atoms with Crippen molar-refractivity contribution < 1.29 is 19.4 Å². The van der Waals surface area contributed by atoms with Gasteiger partial charge in [-0.25, -0.2) is 4.79 Å². The van der Waals surface area contributed by atoms with Gasteiger partial charge in [-0.05, 0) is 12.3 Å². The Morgan fingerprint density at radius 1 is 1.56 bits per heavy atom. The normalized spacial score (nSPS) is 23.8. The predicted octanol–water partition coefficient (Wildman–Crippen LogP) is 0.638. The Hall–Kier alpha value is -1.10. The largest absolute Gasteiger partial charge is 0.480 e. The first kappa shape index (κ1) is 13.0. The Morgan fingerprint density at radius 3 is 2.69 bits per heavy atom. The van der Waals surface area contributed by atoms with Crippen LogP contribution in [0.5, 0.6) is 0 Å². The van der Waals surface area contributed by atoms with E-state index in [0.29, 0.717) is 19.6 Å². The molecule has 0 bridgehead atoms. The van der Waals surface area contributed by atoms with Crippen molar-refractivity contribution in [2.45, 2.75) is 32.7 Å². The van der Waals surface area contributed by atoms with Crippen LogP contribution in [0.25, 0.3) is 0 Å². The SMILES string of the molecule is CCC(C)C(NC(=O)C1CCOC1)C(=O)O. The maximum Gasteiger partial charge on any atom is 0.326 e. The van der Waals surface area contributed by atoms with Gasteiger partial charge in [0.15, 0.2) is 0 Å². The van der Waals surface area contributed by atoms with E-state index in [1.807, 2.05) is 13.8 Å². The summed E-state index contributed by atoms with van der Waals surface area (Å²) >= 11 is 0. The molecule has 0 aromatic carbocycles. The van der Waals surface area contributed by atoms with E-state index in [1.54, 1.807) is 0 Å². The van der Waals surface area contributed by atoms with E-state index >= 15 is 0 Å². The van der Waals surface area contributed by atoms with Crippen molar-refractivity contribution in [1.82, 2.24) is 5.32 Å². The van der Waals surface area contributed by atoms with Crippen molar-refractivity contribution in [3.8, 4) is 0 Å². The maximum absolute atomic E-state index is 11.7. The molecule has 1 saturated heterocycles. The fourth-order valence-corrected chi connectivity index (χ4v) is 1.70. The molecule has 1 aliphatic rings. The van der Waals surface area contributed by atoms with Crippen molar-refractivity contribution in [2.24, 2.45) is 11.8 Å². The van der Waals surface area contributed by atoms with Gasteiger partial charge in [-0.15, -0.1) is 0 Å². The number of hydrogen-bond donors (Lipinski definition) is 2. The Bertz CT molecular complexity index is 261. The fraction of sp³-hybridized carbons (Fsp3) is 0.818. The van der Waals surface area contributed by atoms with E-state index in [0.717, 1.165) is 6.42 Å².